The minimum Gasteiger partial charge on any atom is -0.546 e. The predicted octanol–water partition coefficient (Wildman–Crippen LogP) is 3.36. The number of halogens is 1. The van der Waals surface area contributed by atoms with E-state index in [9.17, 15) is 14.7 Å². The summed E-state index contributed by atoms with van der Waals surface area (Å²) < 4.78 is 11.3. The first-order valence-electron chi connectivity index (χ1n) is 9.44. The molecule has 3 aromatic rings. The molecule has 1 amide bonds. The van der Waals surface area contributed by atoms with Crippen LogP contribution < -0.4 is 24.8 Å². The number of benzene rings is 3. The summed E-state index contributed by atoms with van der Waals surface area (Å²) in [5, 5.41) is 14.2. The maximum Gasteiger partial charge on any atom is 0.262 e. The molecular formula is C23H18BrN2O5-. The summed E-state index contributed by atoms with van der Waals surface area (Å²) in [5.41, 5.74) is 2.72. The number of rotatable bonds is 6. The number of aliphatic carboxylic acids is 1. The highest BCUT2D eigenvalue weighted by molar-refractivity contribution is 9.10. The summed E-state index contributed by atoms with van der Waals surface area (Å²) >= 11 is 3.54. The van der Waals surface area contributed by atoms with Gasteiger partial charge in [0.2, 0.25) is 0 Å². The van der Waals surface area contributed by atoms with Crippen LogP contribution in [0.1, 0.15) is 22.1 Å². The summed E-state index contributed by atoms with van der Waals surface area (Å²) in [7, 11) is 1.46. The fraction of sp³-hybridized carbons (Fsp3) is 0.130. The molecule has 1 atom stereocenters. The molecule has 158 valence electrons. The first kappa shape index (κ1) is 20.7. The monoisotopic (exact) mass is 481 g/mol. The van der Waals surface area contributed by atoms with E-state index >= 15 is 0 Å². The van der Waals surface area contributed by atoms with Crippen LogP contribution in [0.15, 0.2) is 71.2 Å². The van der Waals surface area contributed by atoms with E-state index in [0.29, 0.717) is 27.0 Å². The van der Waals surface area contributed by atoms with E-state index in [1.54, 1.807) is 23.1 Å². The Morgan fingerprint density at radius 2 is 1.81 bits per heavy atom. The van der Waals surface area contributed by atoms with Crippen LogP contribution in [0.5, 0.6) is 11.5 Å². The number of carboxylic acids is 1. The van der Waals surface area contributed by atoms with E-state index in [4.69, 9.17) is 9.47 Å². The smallest absolute Gasteiger partial charge is 0.262 e. The molecule has 7 nitrogen and oxygen atoms in total. The van der Waals surface area contributed by atoms with Gasteiger partial charge in [0.05, 0.1) is 18.6 Å². The summed E-state index contributed by atoms with van der Waals surface area (Å²) in [4.78, 5) is 25.9. The van der Waals surface area contributed by atoms with Crippen molar-refractivity contribution in [1.82, 2.24) is 0 Å². The number of carbonyl (C=O) groups is 2. The van der Waals surface area contributed by atoms with Gasteiger partial charge >= 0.3 is 0 Å². The van der Waals surface area contributed by atoms with Crippen molar-refractivity contribution in [2.45, 2.75) is 6.17 Å². The quantitative estimate of drug-likeness (QED) is 0.580. The van der Waals surface area contributed by atoms with Crippen molar-refractivity contribution in [2.75, 3.05) is 23.9 Å². The van der Waals surface area contributed by atoms with Gasteiger partial charge < -0.3 is 24.7 Å². The summed E-state index contributed by atoms with van der Waals surface area (Å²) in [6.07, 6.45) is -0.553. The molecule has 0 spiro atoms. The Morgan fingerprint density at radius 3 is 2.52 bits per heavy atom. The number of nitrogens with one attached hydrogen (secondary N) is 1. The largest absolute Gasteiger partial charge is 0.546 e. The number of anilines is 2. The number of carboxylic acid groups (broad SMARTS) is 1. The van der Waals surface area contributed by atoms with Crippen molar-refractivity contribution in [2.24, 2.45) is 0 Å². The average Bonchev–Trinajstić information content (AvgIpc) is 2.78. The Morgan fingerprint density at radius 1 is 1.10 bits per heavy atom. The van der Waals surface area contributed by atoms with Crippen molar-refractivity contribution in [3.63, 3.8) is 0 Å². The second kappa shape index (κ2) is 8.69. The third-order valence-electron chi connectivity index (χ3n) is 4.88. The van der Waals surface area contributed by atoms with E-state index in [0.717, 1.165) is 5.69 Å². The lowest BCUT2D eigenvalue weighted by Gasteiger charge is -2.38. The molecule has 0 aromatic heterocycles. The van der Waals surface area contributed by atoms with Crippen LogP contribution in [0.4, 0.5) is 11.4 Å². The standard InChI is InChI=1S/C23H19BrN2O5/c1-30-19-11-16(17(24)12-20(19)31-13-21(27)28)22-25-18-10-6-5-9-15(18)23(29)26(22)14-7-3-2-4-8-14/h2-12,22,25H,13H2,1H3,(H,27,28)/p-1. The molecule has 1 aliphatic heterocycles. The molecule has 0 fully saturated rings. The Labute approximate surface area is 187 Å². The molecule has 1 N–H and O–H groups in total. The van der Waals surface area contributed by atoms with Crippen LogP contribution in [0.3, 0.4) is 0 Å². The third kappa shape index (κ3) is 4.06. The van der Waals surface area contributed by atoms with Gasteiger partial charge in [0, 0.05) is 21.4 Å². The minimum absolute atomic E-state index is 0.145. The molecule has 31 heavy (non-hydrogen) atoms. The zero-order valence-corrected chi connectivity index (χ0v) is 18.1. The molecule has 0 aliphatic carbocycles. The number of carbonyl (C=O) groups excluding carboxylic acids is 2. The van der Waals surface area contributed by atoms with Crippen molar-refractivity contribution >= 4 is 39.2 Å². The first-order chi connectivity index (χ1) is 15.0. The normalized spacial score (nSPS) is 15.1. The number of nitrogens with zero attached hydrogens (tertiary/aromatic N) is 1. The molecule has 0 saturated heterocycles. The van der Waals surface area contributed by atoms with E-state index in [1.165, 1.54) is 7.11 Å². The maximum atomic E-state index is 13.5. The molecule has 0 bridgehead atoms. The Hall–Kier alpha value is -3.52. The molecule has 8 heteroatoms. The van der Waals surface area contributed by atoms with Gasteiger partial charge in [-0.15, -0.1) is 0 Å². The zero-order chi connectivity index (χ0) is 22.0. The van der Waals surface area contributed by atoms with Crippen molar-refractivity contribution in [3.8, 4) is 11.5 Å². The highest BCUT2D eigenvalue weighted by atomic mass is 79.9. The zero-order valence-electron chi connectivity index (χ0n) is 16.5. The highest BCUT2D eigenvalue weighted by Crippen LogP contribution is 2.42. The Kier molecular flexibility index (Phi) is 5.81. The summed E-state index contributed by atoms with van der Waals surface area (Å²) in [5.74, 6) is -0.904. The SMILES string of the molecule is COc1cc(C2Nc3ccccc3C(=O)N2c2ccccc2)c(Br)cc1OCC(=O)[O-]. The van der Waals surface area contributed by atoms with Gasteiger partial charge in [-0.3, -0.25) is 9.69 Å². The topological polar surface area (TPSA) is 90.9 Å². The van der Waals surface area contributed by atoms with Gasteiger partial charge in [-0.05, 0) is 36.4 Å². The number of hydrogen-bond donors (Lipinski definition) is 1. The predicted molar refractivity (Wildman–Crippen MR) is 117 cm³/mol. The molecule has 0 radical (unpaired) electrons. The molecule has 4 rings (SSSR count). The minimum atomic E-state index is -1.34. The van der Waals surface area contributed by atoms with Gasteiger partial charge in [-0.2, -0.15) is 0 Å². The number of fused-ring (bicyclic) bond motifs is 1. The van der Waals surface area contributed by atoms with Crippen LogP contribution in [0.2, 0.25) is 0 Å². The van der Waals surface area contributed by atoms with Gasteiger partial charge in [-0.1, -0.05) is 46.3 Å². The summed E-state index contributed by atoms with van der Waals surface area (Å²) in [6, 6.07) is 20.0. The molecule has 1 unspecified atom stereocenters. The van der Waals surface area contributed by atoms with Gasteiger partial charge in [-0.25, -0.2) is 0 Å². The number of amides is 1. The number of para-hydroxylation sites is 2. The van der Waals surface area contributed by atoms with Crippen LogP contribution in [0, 0.1) is 0 Å². The van der Waals surface area contributed by atoms with Crippen LogP contribution >= 0.6 is 15.9 Å². The lowest BCUT2D eigenvalue weighted by molar-refractivity contribution is -0.307. The third-order valence-corrected chi connectivity index (χ3v) is 5.57. The van der Waals surface area contributed by atoms with Crippen molar-refractivity contribution in [3.05, 3.63) is 82.3 Å². The van der Waals surface area contributed by atoms with Crippen LogP contribution in [-0.2, 0) is 4.79 Å². The maximum absolute atomic E-state index is 13.5. The van der Waals surface area contributed by atoms with Crippen LogP contribution in [0.25, 0.3) is 0 Å². The number of methoxy groups -OCH3 is 1. The number of ether oxygens (including phenoxy) is 2. The van der Waals surface area contributed by atoms with E-state index in [2.05, 4.69) is 21.2 Å². The van der Waals surface area contributed by atoms with Gasteiger partial charge in [0.25, 0.3) is 5.91 Å². The van der Waals surface area contributed by atoms with E-state index < -0.39 is 18.7 Å². The lowest BCUT2D eigenvalue weighted by atomic mass is 10.0. The average molecular weight is 482 g/mol. The van der Waals surface area contributed by atoms with E-state index in [-0.39, 0.29) is 11.7 Å². The first-order valence-corrected chi connectivity index (χ1v) is 10.2. The van der Waals surface area contributed by atoms with Crippen LogP contribution in [-0.4, -0.2) is 25.6 Å². The Balaban J connectivity index is 1.82. The molecule has 1 heterocycles. The molecular weight excluding hydrogens is 464 g/mol. The highest BCUT2D eigenvalue weighted by Gasteiger charge is 2.35. The number of hydrogen-bond acceptors (Lipinski definition) is 6. The van der Waals surface area contributed by atoms with Gasteiger partial charge in [0.15, 0.2) is 11.5 Å². The van der Waals surface area contributed by atoms with E-state index in [1.807, 2.05) is 48.5 Å². The fourth-order valence-corrected chi connectivity index (χ4v) is 4.03. The van der Waals surface area contributed by atoms with Crippen molar-refractivity contribution < 1.29 is 24.2 Å². The fourth-order valence-electron chi connectivity index (χ4n) is 3.50. The second-order valence-corrected chi connectivity index (χ2v) is 7.64. The molecule has 0 saturated carbocycles. The second-order valence-electron chi connectivity index (χ2n) is 6.79. The summed E-state index contributed by atoms with van der Waals surface area (Å²) in [6.45, 7) is -0.605. The van der Waals surface area contributed by atoms with Crippen molar-refractivity contribution in [1.29, 1.82) is 0 Å². The molecule has 1 aliphatic rings. The molecule has 3 aromatic carbocycles. The lowest BCUT2D eigenvalue weighted by Crippen LogP contribution is -2.43. The Bertz CT molecular complexity index is 1140. The van der Waals surface area contributed by atoms with Gasteiger partial charge in [0.1, 0.15) is 12.8 Å².